The van der Waals surface area contributed by atoms with Crippen LogP contribution in [0.15, 0.2) is 158 Å². The van der Waals surface area contributed by atoms with Gasteiger partial charge in [0.25, 0.3) is 0 Å². The maximum Gasteiger partial charge on any atom is 0.114 e. The molecule has 2 aromatic carbocycles. The van der Waals surface area contributed by atoms with E-state index in [0.717, 1.165) is 67.8 Å². The first-order valence-corrected chi connectivity index (χ1v) is 17.0. The number of aromatic nitrogens is 6. The predicted octanol–water partition coefficient (Wildman–Crippen LogP) is 10.1. The van der Waals surface area contributed by atoms with Crippen molar-refractivity contribution in [3.05, 3.63) is 181 Å². The van der Waals surface area contributed by atoms with Gasteiger partial charge in [0, 0.05) is 12.4 Å². The maximum atomic E-state index is 4.99. The second-order valence-corrected chi connectivity index (χ2v) is 12.5. The Balaban J connectivity index is 1.14. The molecule has 6 heterocycles. The smallest absolute Gasteiger partial charge is 0.114 e. The fourth-order valence-corrected chi connectivity index (χ4v) is 5.86. The molecule has 0 atom stereocenters. The van der Waals surface area contributed by atoms with Crippen LogP contribution in [0.4, 0.5) is 0 Å². The van der Waals surface area contributed by atoms with Crippen molar-refractivity contribution in [1.82, 2.24) is 29.9 Å². The second kappa shape index (κ2) is 14.4. The monoisotopic (exact) mass is 668 g/mol. The molecule has 6 nitrogen and oxygen atoms in total. The van der Waals surface area contributed by atoms with E-state index in [-0.39, 0.29) is 0 Å². The van der Waals surface area contributed by atoms with Gasteiger partial charge in [0.05, 0.1) is 45.6 Å². The highest BCUT2D eigenvalue weighted by Crippen LogP contribution is 2.31. The Morgan fingerprint density at radius 2 is 0.712 bits per heavy atom. The molecule has 246 valence electrons. The summed E-state index contributed by atoms with van der Waals surface area (Å²) in [6.45, 7) is 4.17. The molecule has 0 unspecified atom stereocenters. The van der Waals surface area contributed by atoms with E-state index in [2.05, 4.69) is 108 Å². The van der Waals surface area contributed by atoms with E-state index in [1.807, 2.05) is 72.8 Å². The summed E-state index contributed by atoms with van der Waals surface area (Å²) in [5.41, 5.74) is 14.0. The SMILES string of the molecule is Cc1ccc(-c2cc(-c3ccccn3)nc(-c3cccc(C#Cc4cccc(-c5cc(-c6ccc(C)cc6)cc(-c6ccccn6)n5)n4)n3)c2)cc1. The topological polar surface area (TPSA) is 77.3 Å². The third-order valence-corrected chi connectivity index (χ3v) is 8.62. The molecule has 0 spiro atoms. The molecule has 6 aromatic heterocycles. The lowest BCUT2D eigenvalue weighted by Crippen LogP contribution is -1.96. The third kappa shape index (κ3) is 7.25. The minimum atomic E-state index is 0.614. The molecule has 0 amide bonds. The van der Waals surface area contributed by atoms with Crippen LogP contribution >= 0.6 is 0 Å². The molecule has 0 saturated heterocycles. The van der Waals surface area contributed by atoms with Crippen LogP contribution < -0.4 is 0 Å². The van der Waals surface area contributed by atoms with Gasteiger partial charge in [-0.1, -0.05) is 83.9 Å². The number of rotatable bonds is 6. The van der Waals surface area contributed by atoms with Gasteiger partial charge in [-0.05, 0) is 121 Å². The molecule has 0 N–H and O–H groups in total. The summed E-state index contributed by atoms with van der Waals surface area (Å²) in [6.07, 6.45) is 3.56. The Bertz CT molecular complexity index is 2390. The summed E-state index contributed by atoms with van der Waals surface area (Å²) < 4.78 is 0. The average molecular weight is 669 g/mol. The molecular weight excluding hydrogens is 637 g/mol. The summed E-state index contributed by atoms with van der Waals surface area (Å²) >= 11 is 0. The van der Waals surface area contributed by atoms with E-state index in [1.165, 1.54) is 11.1 Å². The van der Waals surface area contributed by atoms with Crippen LogP contribution in [0.1, 0.15) is 22.5 Å². The summed E-state index contributed by atoms with van der Waals surface area (Å²) in [5.74, 6) is 6.47. The van der Waals surface area contributed by atoms with Gasteiger partial charge in [-0.3, -0.25) is 9.97 Å². The van der Waals surface area contributed by atoms with E-state index < -0.39 is 0 Å². The second-order valence-electron chi connectivity index (χ2n) is 12.5. The quantitative estimate of drug-likeness (QED) is 0.164. The first-order valence-electron chi connectivity index (χ1n) is 17.0. The predicted molar refractivity (Wildman–Crippen MR) is 208 cm³/mol. The Morgan fingerprint density at radius 3 is 1.10 bits per heavy atom. The summed E-state index contributed by atoms with van der Waals surface area (Å²) in [4.78, 5) is 28.9. The molecule has 6 heteroatoms. The van der Waals surface area contributed by atoms with Crippen LogP contribution in [0.2, 0.25) is 0 Å². The molecule has 0 bridgehead atoms. The number of pyridine rings is 6. The average Bonchev–Trinajstić information content (AvgIpc) is 3.21. The van der Waals surface area contributed by atoms with Crippen LogP contribution in [0.5, 0.6) is 0 Å². The molecule has 0 radical (unpaired) electrons. The molecular formula is C46H32N6. The Kier molecular flexibility index (Phi) is 8.90. The first-order chi connectivity index (χ1) is 25.5. The normalized spacial score (nSPS) is 10.7. The van der Waals surface area contributed by atoms with Gasteiger partial charge in [-0.2, -0.15) is 0 Å². The minimum Gasteiger partial charge on any atom is -0.255 e. The lowest BCUT2D eigenvalue weighted by Gasteiger charge is -2.10. The van der Waals surface area contributed by atoms with Gasteiger partial charge >= 0.3 is 0 Å². The Morgan fingerprint density at radius 1 is 0.327 bits per heavy atom. The Hall–Kier alpha value is -7.10. The zero-order chi connectivity index (χ0) is 35.3. The standard InChI is InChI=1S/C46H32N6/c1-31-15-19-33(20-16-31)35-27-43(39-11-3-5-25-47-39)51-45(29-35)41-13-7-9-37(49-41)23-24-38-10-8-14-42(50-38)46-30-36(34-21-17-32(2)18-22-34)28-44(52-46)40-12-4-6-26-48-40/h3-22,25-30H,1-2H3. The van der Waals surface area contributed by atoms with E-state index in [4.69, 9.17) is 19.9 Å². The van der Waals surface area contributed by atoms with Crippen LogP contribution in [-0.2, 0) is 0 Å². The van der Waals surface area contributed by atoms with Crippen LogP contribution in [0.25, 0.3) is 67.8 Å². The molecule has 0 fully saturated rings. The maximum absolute atomic E-state index is 4.99. The number of hydrogen-bond acceptors (Lipinski definition) is 6. The summed E-state index contributed by atoms with van der Waals surface area (Å²) in [5, 5.41) is 0. The first kappa shape index (κ1) is 32.1. The van der Waals surface area contributed by atoms with Crippen molar-refractivity contribution in [2.75, 3.05) is 0 Å². The van der Waals surface area contributed by atoms with E-state index in [0.29, 0.717) is 11.4 Å². The van der Waals surface area contributed by atoms with Crippen molar-refractivity contribution in [3.8, 4) is 79.6 Å². The number of benzene rings is 2. The fraction of sp³-hybridized carbons (Fsp3) is 0.0435. The zero-order valence-electron chi connectivity index (χ0n) is 28.7. The van der Waals surface area contributed by atoms with Crippen molar-refractivity contribution in [3.63, 3.8) is 0 Å². The van der Waals surface area contributed by atoms with Crippen LogP contribution in [-0.4, -0.2) is 29.9 Å². The zero-order valence-corrected chi connectivity index (χ0v) is 28.7. The molecule has 0 saturated carbocycles. The molecule has 0 aliphatic heterocycles. The highest BCUT2D eigenvalue weighted by molar-refractivity contribution is 5.76. The minimum absolute atomic E-state index is 0.614. The number of aryl methyl sites for hydroxylation is 2. The summed E-state index contributed by atoms with van der Waals surface area (Å²) in [7, 11) is 0. The lowest BCUT2D eigenvalue weighted by atomic mass is 10.0. The van der Waals surface area contributed by atoms with Crippen LogP contribution in [0, 0.1) is 25.7 Å². The highest BCUT2D eigenvalue weighted by Gasteiger charge is 2.13. The fourth-order valence-electron chi connectivity index (χ4n) is 5.86. The van der Waals surface area contributed by atoms with Crippen LogP contribution in [0.3, 0.4) is 0 Å². The molecule has 0 aliphatic rings. The van der Waals surface area contributed by atoms with Gasteiger partial charge in [0.15, 0.2) is 0 Å². The lowest BCUT2D eigenvalue weighted by molar-refractivity contribution is 1.20. The molecule has 8 aromatic rings. The molecule has 8 rings (SSSR count). The van der Waals surface area contributed by atoms with E-state index >= 15 is 0 Å². The van der Waals surface area contributed by atoms with E-state index in [1.54, 1.807) is 12.4 Å². The number of nitrogens with zero attached hydrogens (tertiary/aromatic N) is 6. The molecule has 0 aliphatic carbocycles. The van der Waals surface area contributed by atoms with Crippen molar-refractivity contribution >= 4 is 0 Å². The van der Waals surface area contributed by atoms with Gasteiger partial charge < -0.3 is 0 Å². The summed E-state index contributed by atoms with van der Waals surface area (Å²) in [6, 6.07) is 48.5. The van der Waals surface area contributed by atoms with Crippen molar-refractivity contribution in [2.45, 2.75) is 13.8 Å². The highest BCUT2D eigenvalue weighted by atomic mass is 14.8. The van der Waals surface area contributed by atoms with Gasteiger partial charge in [0.1, 0.15) is 11.4 Å². The van der Waals surface area contributed by atoms with Gasteiger partial charge in [0.2, 0.25) is 0 Å². The van der Waals surface area contributed by atoms with Crippen molar-refractivity contribution in [2.24, 2.45) is 0 Å². The third-order valence-electron chi connectivity index (χ3n) is 8.62. The van der Waals surface area contributed by atoms with Gasteiger partial charge in [-0.25, -0.2) is 19.9 Å². The molecule has 52 heavy (non-hydrogen) atoms. The largest absolute Gasteiger partial charge is 0.255 e. The Labute approximate surface area is 303 Å². The van der Waals surface area contributed by atoms with Gasteiger partial charge in [-0.15, -0.1) is 0 Å². The van der Waals surface area contributed by atoms with Crippen molar-refractivity contribution in [1.29, 1.82) is 0 Å². The van der Waals surface area contributed by atoms with Crippen molar-refractivity contribution < 1.29 is 0 Å². The van der Waals surface area contributed by atoms with E-state index in [9.17, 15) is 0 Å². The number of hydrogen-bond donors (Lipinski definition) is 0.